The first kappa shape index (κ1) is 10.1. The van der Waals surface area contributed by atoms with Crippen LogP contribution in [0.15, 0.2) is 4.99 Å². The Morgan fingerprint density at radius 2 is 2.50 bits per heavy atom. The summed E-state index contributed by atoms with van der Waals surface area (Å²) in [5.41, 5.74) is 0. The van der Waals surface area contributed by atoms with Crippen molar-refractivity contribution < 1.29 is 0 Å². The summed E-state index contributed by atoms with van der Waals surface area (Å²) in [6.07, 6.45) is 2.70. The van der Waals surface area contributed by atoms with E-state index in [0.717, 1.165) is 25.6 Å². The monoisotopic (exact) mass is 213 g/mol. The summed E-state index contributed by atoms with van der Waals surface area (Å²) in [4.78, 5) is 6.63. The second-order valence-electron chi connectivity index (χ2n) is 4.38. The molecule has 1 fully saturated rings. The predicted molar refractivity (Wildman–Crippen MR) is 63.0 cm³/mol. The van der Waals surface area contributed by atoms with Crippen LogP contribution >= 0.6 is 11.8 Å². The molecule has 4 heteroatoms. The van der Waals surface area contributed by atoms with Gasteiger partial charge >= 0.3 is 0 Å². The van der Waals surface area contributed by atoms with Gasteiger partial charge in [0, 0.05) is 24.9 Å². The number of nitrogens with zero attached hydrogens (tertiary/aromatic N) is 2. The molecule has 1 atom stereocenters. The molecule has 2 aliphatic heterocycles. The van der Waals surface area contributed by atoms with Gasteiger partial charge in [-0.2, -0.15) is 11.8 Å². The minimum absolute atomic E-state index is 0.436. The van der Waals surface area contributed by atoms with Gasteiger partial charge in [0.1, 0.15) is 0 Å². The summed E-state index contributed by atoms with van der Waals surface area (Å²) in [6, 6.07) is 0. The summed E-state index contributed by atoms with van der Waals surface area (Å²) >= 11 is 2.09. The highest BCUT2D eigenvalue weighted by Crippen LogP contribution is 2.36. The van der Waals surface area contributed by atoms with Crippen molar-refractivity contribution in [1.82, 2.24) is 10.2 Å². The quantitative estimate of drug-likeness (QED) is 0.746. The molecule has 0 bridgehead atoms. The van der Waals surface area contributed by atoms with Crippen LogP contribution in [-0.4, -0.2) is 48.0 Å². The van der Waals surface area contributed by atoms with E-state index in [1.807, 2.05) is 0 Å². The molecular formula is C10H19N3S. The number of hydrogen-bond donors (Lipinski definition) is 1. The van der Waals surface area contributed by atoms with Crippen LogP contribution in [0.3, 0.4) is 0 Å². The van der Waals surface area contributed by atoms with Crippen molar-refractivity contribution in [2.75, 3.05) is 32.4 Å². The maximum Gasteiger partial charge on any atom is 0.193 e. The van der Waals surface area contributed by atoms with Crippen LogP contribution in [0.5, 0.6) is 0 Å². The molecule has 2 heterocycles. The maximum atomic E-state index is 4.43. The Bertz CT molecular complexity index is 234. The number of rotatable bonds is 2. The fourth-order valence-electron chi connectivity index (χ4n) is 1.97. The van der Waals surface area contributed by atoms with Crippen molar-refractivity contribution in [3.05, 3.63) is 0 Å². The molecular weight excluding hydrogens is 194 g/mol. The smallest absolute Gasteiger partial charge is 0.193 e. The number of likely N-dealkylation sites (N-methyl/N-ethyl adjacent to an activating group) is 1. The fraction of sp³-hybridized carbons (Fsp3) is 0.900. The van der Waals surface area contributed by atoms with Crippen molar-refractivity contribution in [3.8, 4) is 0 Å². The van der Waals surface area contributed by atoms with Gasteiger partial charge in [-0.25, -0.2) is 0 Å². The van der Waals surface area contributed by atoms with Crippen LogP contribution in [0, 0.1) is 0 Å². The molecule has 0 aromatic rings. The molecule has 0 amide bonds. The Labute approximate surface area is 90.3 Å². The molecule has 0 aliphatic carbocycles. The maximum absolute atomic E-state index is 4.43. The van der Waals surface area contributed by atoms with Gasteiger partial charge in [0.05, 0.1) is 6.54 Å². The van der Waals surface area contributed by atoms with E-state index in [-0.39, 0.29) is 0 Å². The second kappa shape index (κ2) is 4.01. The molecule has 0 spiro atoms. The van der Waals surface area contributed by atoms with Crippen molar-refractivity contribution in [2.24, 2.45) is 4.99 Å². The highest BCUT2D eigenvalue weighted by Gasteiger charge is 2.30. The minimum Gasteiger partial charge on any atom is -0.355 e. The Morgan fingerprint density at radius 3 is 3.07 bits per heavy atom. The van der Waals surface area contributed by atoms with Gasteiger partial charge in [-0.15, -0.1) is 0 Å². The second-order valence-corrected chi connectivity index (χ2v) is 6.06. The van der Waals surface area contributed by atoms with E-state index in [9.17, 15) is 0 Å². The van der Waals surface area contributed by atoms with Crippen LogP contribution in [-0.2, 0) is 0 Å². The van der Waals surface area contributed by atoms with E-state index in [1.165, 1.54) is 18.6 Å². The van der Waals surface area contributed by atoms with Crippen molar-refractivity contribution in [3.63, 3.8) is 0 Å². The van der Waals surface area contributed by atoms with Crippen LogP contribution < -0.4 is 5.32 Å². The molecule has 2 rings (SSSR count). The Kier molecular flexibility index (Phi) is 2.91. The van der Waals surface area contributed by atoms with E-state index in [2.05, 4.69) is 40.9 Å². The zero-order valence-corrected chi connectivity index (χ0v) is 9.86. The van der Waals surface area contributed by atoms with Gasteiger partial charge in [-0.3, -0.25) is 4.99 Å². The van der Waals surface area contributed by atoms with Crippen molar-refractivity contribution >= 4 is 17.7 Å². The molecule has 0 aromatic carbocycles. The average molecular weight is 213 g/mol. The molecule has 1 N–H and O–H groups in total. The van der Waals surface area contributed by atoms with Gasteiger partial charge < -0.3 is 10.2 Å². The molecule has 2 aliphatic rings. The van der Waals surface area contributed by atoms with Gasteiger partial charge in [-0.1, -0.05) is 0 Å². The highest BCUT2D eigenvalue weighted by atomic mass is 32.2. The van der Waals surface area contributed by atoms with Crippen molar-refractivity contribution in [1.29, 1.82) is 0 Å². The Hall–Kier alpha value is -0.380. The molecule has 0 radical (unpaired) electrons. The number of hydrogen-bond acceptors (Lipinski definition) is 4. The molecule has 1 saturated heterocycles. The summed E-state index contributed by atoms with van der Waals surface area (Å²) in [5.74, 6) is 2.40. The molecule has 80 valence electrons. The largest absolute Gasteiger partial charge is 0.355 e. The van der Waals surface area contributed by atoms with Crippen LogP contribution in [0.2, 0.25) is 0 Å². The van der Waals surface area contributed by atoms with Crippen molar-refractivity contribution in [2.45, 2.75) is 24.5 Å². The normalized spacial score (nSPS) is 32.1. The van der Waals surface area contributed by atoms with Gasteiger partial charge in [0.15, 0.2) is 5.96 Å². The number of thioether (sulfide) groups is 1. The molecule has 14 heavy (non-hydrogen) atoms. The fourth-order valence-corrected chi connectivity index (χ4v) is 3.21. The predicted octanol–water partition coefficient (Wildman–Crippen LogP) is 1.16. The third-order valence-electron chi connectivity index (χ3n) is 2.98. The van der Waals surface area contributed by atoms with Gasteiger partial charge in [0.2, 0.25) is 0 Å². The summed E-state index contributed by atoms with van der Waals surface area (Å²) in [5, 5.41) is 3.47. The van der Waals surface area contributed by atoms with E-state index < -0.39 is 0 Å². The van der Waals surface area contributed by atoms with Gasteiger partial charge in [-0.05, 0) is 25.5 Å². The van der Waals surface area contributed by atoms with E-state index in [4.69, 9.17) is 0 Å². The lowest BCUT2D eigenvalue weighted by Gasteiger charge is -2.25. The summed E-state index contributed by atoms with van der Waals surface area (Å²) < 4.78 is 0.436. The first-order valence-electron chi connectivity index (χ1n) is 5.33. The van der Waals surface area contributed by atoms with Crippen LogP contribution in [0.4, 0.5) is 0 Å². The molecule has 0 aromatic heterocycles. The average Bonchev–Trinajstić information content (AvgIpc) is 2.73. The minimum atomic E-state index is 0.436. The molecule has 0 saturated carbocycles. The number of guanidine groups is 1. The lowest BCUT2D eigenvalue weighted by atomic mass is 10.1. The lowest BCUT2D eigenvalue weighted by Crippen LogP contribution is -2.42. The van der Waals surface area contributed by atoms with E-state index in [1.54, 1.807) is 0 Å². The summed E-state index contributed by atoms with van der Waals surface area (Å²) in [6.45, 7) is 5.42. The molecule has 1 unspecified atom stereocenters. The van der Waals surface area contributed by atoms with Crippen LogP contribution in [0.1, 0.15) is 19.8 Å². The number of nitrogens with one attached hydrogen (secondary N) is 1. The van der Waals surface area contributed by atoms with Crippen LogP contribution in [0.25, 0.3) is 0 Å². The van der Waals surface area contributed by atoms with E-state index in [0.29, 0.717) is 4.75 Å². The lowest BCUT2D eigenvalue weighted by molar-refractivity contribution is 0.516. The van der Waals surface area contributed by atoms with E-state index >= 15 is 0 Å². The molecule has 3 nitrogen and oxygen atoms in total. The third-order valence-corrected chi connectivity index (χ3v) is 4.52. The SMILES string of the molecule is CN1CCN=C1NCC1(C)CCCS1. The topological polar surface area (TPSA) is 27.6 Å². The zero-order valence-electron chi connectivity index (χ0n) is 9.05. The standard InChI is InChI=1S/C10H19N3S/c1-10(4-3-7-14-10)8-12-9-11-5-6-13(9)2/h3-8H2,1-2H3,(H,11,12). The highest BCUT2D eigenvalue weighted by molar-refractivity contribution is 8.00. The first-order chi connectivity index (χ1) is 6.70. The van der Waals surface area contributed by atoms with Gasteiger partial charge in [0.25, 0.3) is 0 Å². The first-order valence-corrected chi connectivity index (χ1v) is 6.32. The summed E-state index contributed by atoms with van der Waals surface area (Å²) in [7, 11) is 2.10. The zero-order chi connectivity index (χ0) is 10.0. The third kappa shape index (κ3) is 2.16. The number of aliphatic imine (C=N–C) groups is 1. The Morgan fingerprint density at radius 1 is 1.64 bits per heavy atom. The Balaban J connectivity index is 1.81.